The van der Waals surface area contributed by atoms with Crippen LogP contribution in [0, 0.1) is 5.92 Å². The molecule has 2 N–H and O–H groups in total. The van der Waals surface area contributed by atoms with E-state index in [0.717, 1.165) is 26.1 Å². The van der Waals surface area contributed by atoms with E-state index in [-0.39, 0.29) is 12.6 Å². The van der Waals surface area contributed by atoms with E-state index < -0.39 is 0 Å². The number of aliphatic hydroxyl groups is 1. The lowest BCUT2D eigenvalue weighted by atomic mass is 9.92. The lowest BCUT2D eigenvalue weighted by Crippen LogP contribution is -2.42. The van der Waals surface area contributed by atoms with Gasteiger partial charge in [-0.2, -0.15) is 0 Å². The van der Waals surface area contributed by atoms with E-state index in [1.807, 2.05) is 6.92 Å². The van der Waals surface area contributed by atoms with Crippen LogP contribution in [0.3, 0.4) is 0 Å². The van der Waals surface area contributed by atoms with Crippen molar-refractivity contribution in [3.8, 4) is 0 Å². The molecule has 1 fully saturated rings. The average Bonchev–Trinajstić information content (AvgIpc) is 2.19. The zero-order valence-corrected chi connectivity index (χ0v) is 8.62. The molecule has 2 unspecified atom stereocenters. The molecule has 0 bridgehead atoms. The van der Waals surface area contributed by atoms with Crippen LogP contribution in [0.25, 0.3) is 0 Å². The average molecular weight is 187 g/mol. The second kappa shape index (κ2) is 5.58. The van der Waals surface area contributed by atoms with Crippen LogP contribution in [0.15, 0.2) is 0 Å². The normalized spacial score (nSPS) is 24.2. The molecule has 0 aromatic rings. The Kier molecular flexibility index (Phi) is 4.70. The predicted octanol–water partition coefficient (Wildman–Crippen LogP) is 0.772. The van der Waals surface area contributed by atoms with Crippen molar-refractivity contribution in [3.05, 3.63) is 0 Å². The van der Waals surface area contributed by atoms with Gasteiger partial charge in [0.05, 0.1) is 6.61 Å². The molecule has 0 radical (unpaired) electrons. The van der Waals surface area contributed by atoms with Gasteiger partial charge >= 0.3 is 0 Å². The molecule has 0 aromatic carbocycles. The Hall–Kier alpha value is -0.120. The molecule has 3 heteroatoms. The summed E-state index contributed by atoms with van der Waals surface area (Å²) in [5.41, 5.74) is 0. The minimum atomic E-state index is 0.206. The van der Waals surface area contributed by atoms with Crippen LogP contribution in [0.5, 0.6) is 0 Å². The summed E-state index contributed by atoms with van der Waals surface area (Å²) >= 11 is 0. The standard InChI is InChI=1S/C10H21NO2/c1-8(7-12)11-9(2)10-3-5-13-6-4-10/h8-12H,3-7H2,1-2H3. The molecule has 0 saturated carbocycles. The molecule has 1 heterocycles. The number of rotatable bonds is 4. The predicted molar refractivity (Wildman–Crippen MR) is 52.7 cm³/mol. The monoisotopic (exact) mass is 187 g/mol. The van der Waals surface area contributed by atoms with Gasteiger partial charge in [-0.25, -0.2) is 0 Å². The first-order chi connectivity index (χ1) is 6.24. The van der Waals surface area contributed by atoms with Crippen molar-refractivity contribution in [1.82, 2.24) is 5.32 Å². The molecule has 3 nitrogen and oxygen atoms in total. The van der Waals surface area contributed by atoms with Crippen LogP contribution < -0.4 is 5.32 Å². The van der Waals surface area contributed by atoms with Gasteiger partial charge in [0.15, 0.2) is 0 Å². The van der Waals surface area contributed by atoms with Gasteiger partial charge in [0, 0.05) is 25.3 Å². The first-order valence-corrected chi connectivity index (χ1v) is 5.18. The van der Waals surface area contributed by atoms with Crippen LogP contribution in [-0.2, 0) is 4.74 Å². The van der Waals surface area contributed by atoms with Gasteiger partial charge in [0.25, 0.3) is 0 Å². The van der Waals surface area contributed by atoms with Gasteiger partial charge in [-0.3, -0.25) is 0 Å². The smallest absolute Gasteiger partial charge is 0.0582 e. The minimum Gasteiger partial charge on any atom is -0.395 e. The van der Waals surface area contributed by atoms with Crippen molar-refractivity contribution < 1.29 is 9.84 Å². The summed E-state index contributed by atoms with van der Waals surface area (Å²) in [6, 6.07) is 0.698. The van der Waals surface area contributed by atoms with Crippen molar-refractivity contribution in [1.29, 1.82) is 0 Å². The summed E-state index contributed by atoms with van der Waals surface area (Å²) in [7, 11) is 0. The van der Waals surface area contributed by atoms with Crippen molar-refractivity contribution in [2.45, 2.75) is 38.8 Å². The highest BCUT2D eigenvalue weighted by Gasteiger charge is 2.20. The Morgan fingerprint density at radius 1 is 1.38 bits per heavy atom. The first kappa shape index (κ1) is 11.0. The van der Waals surface area contributed by atoms with Crippen molar-refractivity contribution in [2.75, 3.05) is 19.8 Å². The van der Waals surface area contributed by atoms with Gasteiger partial charge in [0.2, 0.25) is 0 Å². The molecule has 2 atom stereocenters. The van der Waals surface area contributed by atoms with Crippen LogP contribution in [-0.4, -0.2) is 37.0 Å². The van der Waals surface area contributed by atoms with Gasteiger partial charge in [-0.15, -0.1) is 0 Å². The zero-order valence-electron chi connectivity index (χ0n) is 8.62. The number of aliphatic hydroxyl groups excluding tert-OH is 1. The SMILES string of the molecule is CC(CO)NC(C)C1CCOCC1. The van der Waals surface area contributed by atoms with E-state index in [0.29, 0.717) is 12.0 Å². The number of nitrogens with one attached hydrogen (secondary N) is 1. The van der Waals surface area contributed by atoms with E-state index in [1.165, 1.54) is 0 Å². The Labute approximate surface area is 80.5 Å². The van der Waals surface area contributed by atoms with Crippen molar-refractivity contribution >= 4 is 0 Å². The summed E-state index contributed by atoms with van der Waals surface area (Å²) in [6.07, 6.45) is 2.29. The lowest BCUT2D eigenvalue weighted by Gasteiger charge is -2.30. The maximum atomic E-state index is 8.89. The fourth-order valence-electron chi connectivity index (χ4n) is 1.85. The van der Waals surface area contributed by atoms with Crippen LogP contribution in [0.1, 0.15) is 26.7 Å². The number of ether oxygens (including phenoxy) is 1. The number of hydrogen-bond acceptors (Lipinski definition) is 3. The highest BCUT2D eigenvalue weighted by molar-refractivity contribution is 4.76. The van der Waals surface area contributed by atoms with Crippen LogP contribution >= 0.6 is 0 Å². The van der Waals surface area contributed by atoms with Gasteiger partial charge in [-0.1, -0.05) is 0 Å². The molecule has 13 heavy (non-hydrogen) atoms. The molecular weight excluding hydrogens is 166 g/mol. The molecule has 1 aliphatic rings. The minimum absolute atomic E-state index is 0.206. The highest BCUT2D eigenvalue weighted by atomic mass is 16.5. The summed E-state index contributed by atoms with van der Waals surface area (Å²) in [5, 5.41) is 12.3. The molecule has 78 valence electrons. The largest absolute Gasteiger partial charge is 0.395 e. The summed E-state index contributed by atoms with van der Waals surface area (Å²) < 4.78 is 5.30. The van der Waals surface area contributed by atoms with E-state index in [1.54, 1.807) is 0 Å². The Morgan fingerprint density at radius 3 is 2.54 bits per heavy atom. The Morgan fingerprint density at radius 2 is 2.00 bits per heavy atom. The lowest BCUT2D eigenvalue weighted by molar-refractivity contribution is 0.0534. The van der Waals surface area contributed by atoms with Crippen molar-refractivity contribution in [3.63, 3.8) is 0 Å². The molecular formula is C10H21NO2. The maximum Gasteiger partial charge on any atom is 0.0582 e. The van der Waals surface area contributed by atoms with E-state index in [2.05, 4.69) is 12.2 Å². The Balaban J connectivity index is 2.24. The van der Waals surface area contributed by atoms with E-state index >= 15 is 0 Å². The molecule has 0 aliphatic carbocycles. The summed E-state index contributed by atoms with van der Waals surface area (Å²) in [6.45, 7) is 6.21. The van der Waals surface area contributed by atoms with E-state index in [4.69, 9.17) is 9.84 Å². The maximum absolute atomic E-state index is 8.89. The zero-order chi connectivity index (χ0) is 9.68. The second-order valence-corrected chi connectivity index (χ2v) is 3.99. The second-order valence-electron chi connectivity index (χ2n) is 3.99. The van der Waals surface area contributed by atoms with Gasteiger partial charge < -0.3 is 15.2 Å². The topological polar surface area (TPSA) is 41.5 Å². The van der Waals surface area contributed by atoms with Gasteiger partial charge in [0.1, 0.15) is 0 Å². The van der Waals surface area contributed by atoms with Crippen molar-refractivity contribution in [2.24, 2.45) is 5.92 Å². The molecule has 0 amide bonds. The third kappa shape index (κ3) is 3.63. The highest BCUT2D eigenvalue weighted by Crippen LogP contribution is 2.18. The quantitative estimate of drug-likeness (QED) is 0.683. The van der Waals surface area contributed by atoms with Crippen LogP contribution in [0.2, 0.25) is 0 Å². The third-order valence-corrected chi connectivity index (χ3v) is 2.79. The molecule has 1 saturated heterocycles. The Bertz CT molecular complexity index is 135. The van der Waals surface area contributed by atoms with Crippen LogP contribution in [0.4, 0.5) is 0 Å². The molecule has 1 aliphatic heterocycles. The molecule has 0 aromatic heterocycles. The van der Waals surface area contributed by atoms with E-state index in [9.17, 15) is 0 Å². The summed E-state index contributed by atoms with van der Waals surface area (Å²) in [5.74, 6) is 0.711. The summed E-state index contributed by atoms with van der Waals surface area (Å²) in [4.78, 5) is 0. The fraction of sp³-hybridized carbons (Fsp3) is 1.00. The fourth-order valence-corrected chi connectivity index (χ4v) is 1.85. The van der Waals surface area contributed by atoms with Gasteiger partial charge in [-0.05, 0) is 32.6 Å². The molecule has 1 rings (SSSR count). The third-order valence-electron chi connectivity index (χ3n) is 2.79. The first-order valence-electron chi connectivity index (χ1n) is 5.18. The number of hydrogen-bond donors (Lipinski definition) is 2. The molecule has 0 spiro atoms.